The second kappa shape index (κ2) is 3.82. The molecule has 2 rings (SSSR count). The molecule has 0 saturated heterocycles. The predicted octanol–water partition coefficient (Wildman–Crippen LogP) is 2.87. The van der Waals surface area contributed by atoms with E-state index in [1.807, 2.05) is 18.2 Å². The zero-order valence-electron chi connectivity index (χ0n) is 8.38. The van der Waals surface area contributed by atoms with Gasteiger partial charge in [0, 0.05) is 5.57 Å². The Morgan fingerprint density at radius 2 is 2.43 bits per heavy atom. The van der Waals surface area contributed by atoms with Crippen LogP contribution in [0.1, 0.15) is 32.6 Å². The van der Waals surface area contributed by atoms with Gasteiger partial charge in [-0.15, -0.1) is 0 Å². The van der Waals surface area contributed by atoms with Crippen molar-refractivity contribution in [2.45, 2.75) is 32.6 Å². The van der Waals surface area contributed by atoms with Gasteiger partial charge in [-0.2, -0.15) is 0 Å². The van der Waals surface area contributed by atoms with Crippen LogP contribution in [0.4, 0.5) is 0 Å². The maximum Gasteiger partial charge on any atom is 0.343 e. The van der Waals surface area contributed by atoms with Gasteiger partial charge in [-0.3, -0.25) is 0 Å². The van der Waals surface area contributed by atoms with E-state index < -0.39 is 0 Å². The van der Waals surface area contributed by atoms with Crippen molar-refractivity contribution in [3.8, 4) is 0 Å². The highest BCUT2D eigenvalue weighted by Crippen LogP contribution is 2.33. The van der Waals surface area contributed by atoms with Crippen LogP contribution in [-0.4, -0.2) is 5.97 Å². The van der Waals surface area contributed by atoms with E-state index in [0.29, 0.717) is 0 Å². The Morgan fingerprint density at radius 1 is 1.57 bits per heavy atom. The smallest absolute Gasteiger partial charge is 0.343 e. The lowest BCUT2D eigenvalue weighted by Gasteiger charge is -2.05. The summed E-state index contributed by atoms with van der Waals surface area (Å²) in [5.41, 5.74) is 1.87. The number of hydrogen-bond acceptors (Lipinski definition) is 2. The molecule has 74 valence electrons. The zero-order valence-corrected chi connectivity index (χ0v) is 8.38. The van der Waals surface area contributed by atoms with E-state index in [0.717, 1.165) is 42.6 Å². The molecule has 1 aliphatic carbocycles. The van der Waals surface area contributed by atoms with Gasteiger partial charge in [0.05, 0.1) is 5.57 Å². The highest BCUT2D eigenvalue weighted by molar-refractivity contribution is 5.97. The van der Waals surface area contributed by atoms with E-state index in [2.05, 4.69) is 6.92 Å². The summed E-state index contributed by atoms with van der Waals surface area (Å²) in [4.78, 5) is 11.4. The maximum absolute atomic E-state index is 11.4. The summed E-state index contributed by atoms with van der Waals surface area (Å²) >= 11 is 0. The van der Waals surface area contributed by atoms with Crippen LogP contribution in [0, 0.1) is 0 Å². The van der Waals surface area contributed by atoms with E-state index >= 15 is 0 Å². The van der Waals surface area contributed by atoms with Gasteiger partial charge in [0.15, 0.2) is 0 Å². The molecule has 2 nitrogen and oxygen atoms in total. The third-order valence-corrected chi connectivity index (χ3v) is 2.51. The monoisotopic (exact) mass is 190 g/mol. The molecular weight excluding hydrogens is 176 g/mol. The molecule has 0 bridgehead atoms. The standard InChI is InChI=1S/C12H14O2/c1-2-3-8-11-9-6-4-5-7-10(9)12(13)14-11/h5,7-8H,2-4,6H2,1H3/b11-8+. The molecule has 0 amide bonds. The first kappa shape index (κ1) is 9.25. The van der Waals surface area contributed by atoms with Crippen LogP contribution in [-0.2, 0) is 9.53 Å². The summed E-state index contributed by atoms with van der Waals surface area (Å²) in [6, 6.07) is 0. The van der Waals surface area contributed by atoms with Crippen molar-refractivity contribution in [1.82, 2.24) is 0 Å². The fourth-order valence-electron chi connectivity index (χ4n) is 1.77. The number of rotatable bonds is 2. The lowest BCUT2D eigenvalue weighted by atomic mass is 9.97. The van der Waals surface area contributed by atoms with Crippen molar-refractivity contribution in [2.24, 2.45) is 0 Å². The van der Waals surface area contributed by atoms with Crippen LogP contribution < -0.4 is 0 Å². The largest absolute Gasteiger partial charge is 0.423 e. The minimum absolute atomic E-state index is 0.182. The molecule has 2 heteroatoms. The van der Waals surface area contributed by atoms with Crippen molar-refractivity contribution < 1.29 is 9.53 Å². The van der Waals surface area contributed by atoms with Crippen LogP contribution in [0.2, 0.25) is 0 Å². The molecule has 0 atom stereocenters. The number of allylic oxidation sites excluding steroid dienone is 3. The first-order valence-corrected chi connectivity index (χ1v) is 5.15. The summed E-state index contributed by atoms with van der Waals surface area (Å²) in [6.45, 7) is 2.11. The molecule has 0 fully saturated rings. The molecule has 0 N–H and O–H groups in total. The number of unbranched alkanes of at least 4 members (excludes halogenated alkanes) is 1. The fraction of sp³-hybridized carbons (Fsp3) is 0.417. The molecule has 0 aromatic carbocycles. The Hall–Kier alpha value is -1.31. The van der Waals surface area contributed by atoms with Gasteiger partial charge in [-0.1, -0.05) is 25.5 Å². The molecule has 0 aromatic rings. The Labute approximate surface area is 83.9 Å². The van der Waals surface area contributed by atoms with Crippen molar-refractivity contribution in [3.63, 3.8) is 0 Å². The zero-order chi connectivity index (χ0) is 9.97. The topological polar surface area (TPSA) is 26.3 Å². The van der Waals surface area contributed by atoms with Gasteiger partial charge in [-0.25, -0.2) is 4.79 Å². The van der Waals surface area contributed by atoms with Gasteiger partial charge in [0.25, 0.3) is 0 Å². The lowest BCUT2D eigenvalue weighted by molar-refractivity contribution is -0.132. The summed E-state index contributed by atoms with van der Waals surface area (Å²) in [7, 11) is 0. The van der Waals surface area contributed by atoms with Crippen molar-refractivity contribution in [3.05, 3.63) is 35.1 Å². The maximum atomic E-state index is 11.4. The van der Waals surface area contributed by atoms with Gasteiger partial charge < -0.3 is 4.74 Å². The second-order valence-electron chi connectivity index (χ2n) is 3.58. The minimum Gasteiger partial charge on any atom is -0.423 e. The van der Waals surface area contributed by atoms with Crippen LogP contribution in [0.5, 0.6) is 0 Å². The summed E-state index contributed by atoms with van der Waals surface area (Å²) in [5, 5.41) is 0. The van der Waals surface area contributed by atoms with E-state index in [9.17, 15) is 4.79 Å². The molecule has 1 heterocycles. The predicted molar refractivity (Wildman–Crippen MR) is 54.5 cm³/mol. The van der Waals surface area contributed by atoms with Gasteiger partial charge in [0.1, 0.15) is 5.76 Å². The number of carbonyl (C=O) groups excluding carboxylic acids is 1. The van der Waals surface area contributed by atoms with Crippen molar-refractivity contribution in [1.29, 1.82) is 0 Å². The SMILES string of the molecule is CCC/C=C1/OC(=O)C2=C1CCC=C2. The highest BCUT2D eigenvalue weighted by atomic mass is 16.5. The third kappa shape index (κ3) is 1.52. The third-order valence-electron chi connectivity index (χ3n) is 2.51. The van der Waals surface area contributed by atoms with Crippen LogP contribution in [0.25, 0.3) is 0 Å². The molecule has 0 radical (unpaired) electrons. The Kier molecular flexibility index (Phi) is 2.53. The summed E-state index contributed by atoms with van der Waals surface area (Å²) in [6.07, 6.45) is 9.95. The van der Waals surface area contributed by atoms with Gasteiger partial charge >= 0.3 is 5.97 Å². The average molecular weight is 190 g/mol. The van der Waals surface area contributed by atoms with E-state index in [-0.39, 0.29) is 5.97 Å². The van der Waals surface area contributed by atoms with Gasteiger partial charge in [-0.05, 0) is 25.3 Å². The molecule has 2 aliphatic rings. The van der Waals surface area contributed by atoms with Crippen molar-refractivity contribution >= 4 is 5.97 Å². The second-order valence-corrected chi connectivity index (χ2v) is 3.58. The first-order chi connectivity index (χ1) is 6.83. The number of carbonyl (C=O) groups is 1. The Balaban J connectivity index is 2.28. The molecule has 14 heavy (non-hydrogen) atoms. The highest BCUT2D eigenvalue weighted by Gasteiger charge is 2.28. The summed E-state index contributed by atoms with van der Waals surface area (Å²) in [5.74, 6) is 0.620. The number of cyclic esters (lactones) is 1. The van der Waals surface area contributed by atoms with Gasteiger partial charge in [0.2, 0.25) is 0 Å². The lowest BCUT2D eigenvalue weighted by Crippen LogP contribution is -1.97. The number of ether oxygens (including phenoxy) is 1. The fourth-order valence-corrected chi connectivity index (χ4v) is 1.77. The minimum atomic E-state index is -0.182. The normalized spacial score (nSPS) is 22.9. The van der Waals surface area contributed by atoms with Crippen LogP contribution in [0.3, 0.4) is 0 Å². The molecule has 0 unspecified atom stereocenters. The van der Waals surface area contributed by atoms with E-state index in [1.54, 1.807) is 0 Å². The Morgan fingerprint density at radius 3 is 3.21 bits per heavy atom. The summed E-state index contributed by atoms with van der Waals surface area (Å²) < 4.78 is 5.21. The molecule has 0 aromatic heterocycles. The quantitative estimate of drug-likeness (QED) is 0.626. The van der Waals surface area contributed by atoms with E-state index in [1.165, 1.54) is 0 Å². The first-order valence-electron chi connectivity index (χ1n) is 5.15. The molecular formula is C12H14O2. The average Bonchev–Trinajstić information content (AvgIpc) is 2.54. The molecule has 0 spiro atoms. The molecule has 1 aliphatic heterocycles. The Bertz CT molecular complexity index is 345. The number of hydrogen-bond donors (Lipinski definition) is 0. The van der Waals surface area contributed by atoms with E-state index in [4.69, 9.17) is 4.74 Å². The molecule has 0 saturated carbocycles. The number of esters is 1. The van der Waals surface area contributed by atoms with Crippen LogP contribution in [0.15, 0.2) is 35.1 Å². The van der Waals surface area contributed by atoms with Crippen molar-refractivity contribution in [2.75, 3.05) is 0 Å². The van der Waals surface area contributed by atoms with Crippen LogP contribution >= 0.6 is 0 Å².